The van der Waals surface area contributed by atoms with Crippen molar-refractivity contribution >= 4 is 17.3 Å². The van der Waals surface area contributed by atoms with E-state index in [9.17, 15) is 0 Å². The van der Waals surface area contributed by atoms with E-state index in [1.54, 1.807) is 12.4 Å². The lowest BCUT2D eigenvalue weighted by atomic mass is 10.2. The summed E-state index contributed by atoms with van der Waals surface area (Å²) < 4.78 is 5.16. The van der Waals surface area contributed by atoms with E-state index in [2.05, 4.69) is 4.98 Å². The minimum atomic E-state index is 0.642. The van der Waals surface area contributed by atoms with Crippen LogP contribution in [-0.2, 0) is 11.2 Å². The van der Waals surface area contributed by atoms with Crippen LogP contribution in [0.4, 0.5) is 0 Å². The summed E-state index contributed by atoms with van der Waals surface area (Å²) in [5.41, 5.74) is 1.14. The Morgan fingerprint density at radius 2 is 2.17 bits per heavy atom. The Morgan fingerprint density at radius 3 is 2.75 bits per heavy atom. The molecule has 64 valence electrons. The minimum Gasteiger partial charge on any atom is -0.487 e. The first-order valence-electron chi connectivity index (χ1n) is 3.87. The van der Waals surface area contributed by atoms with Gasteiger partial charge in [-0.1, -0.05) is 0 Å². The minimum absolute atomic E-state index is 0.642. The fraction of sp³-hybridized carbons (Fsp3) is 0.333. The van der Waals surface area contributed by atoms with Gasteiger partial charge in [0.1, 0.15) is 0 Å². The van der Waals surface area contributed by atoms with E-state index in [0.29, 0.717) is 18.1 Å². The highest BCUT2D eigenvalue weighted by molar-refractivity contribution is 7.80. The van der Waals surface area contributed by atoms with Gasteiger partial charge in [0.25, 0.3) is 0 Å². The van der Waals surface area contributed by atoms with Crippen molar-refractivity contribution in [3.8, 4) is 0 Å². The zero-order valence-corrected chi connectivity index (χ0v) is 7.80. The number of pyridine rings is 1. The lowest BCUT2D eigenvalue weighted by molar-refractivity contribution is 0.330. The number of nitrogens with zero attached hydrogens (tertiary/aromatic N) is 1. The molecule has 0 amide bonds. The van der Waals surface area contributed by atoms with Gasteiger partial charge in [-0.25, -0.2) is 0 Å². The number of aromatic nitrogens is 1. The van der Waals surface area contributed by atoms with Gasteiger partial charge in [-0.05, 0) is 36.8 Å². The number of rotatable bonds is 3. The maximum Gasteiger partial charge on any atom is 0.164 e. The predicted molar refractivity (Wildman–Crippen MR) is 52.2 cm³/mol. The highest BCUT2D eigenvalue weighted by Gasteiger charge is 1.97. The summed E-state index contributed by atoms with van der Waals surface area (Å²) in [4.78, 5) is 3.91. The highest BCUT2D eigenvalue weighted by atomic mass is 32.1. The molecule has 0 unspecified atom stereocenters. The van der Waals surface area contributed by atoms with Crippen molar-refractivity contribution in [2.45, 2.75) is 13.3 Å². The summed E-state index contributed by atoms with van der Waals surface area (Å²) in [6.07, 6.45) is 4.21. The SMILES string of the molecule is CCOC(=S)Cc1ccncc1. The van der Waals surface area contributed by atoms with Gasteiger partial charge in [0, 0.05) is 18.8 Å². The summed E-state index contributed by atoms with van der Waals surface area (Å²) >= 11 is 4.99. The second-order valence-electron chi connectivity index (χ2n) is 2.34. The van der Waals surface area contributed by atoms with Crippen LogP contribution in [0.2, 0.25) is 0 Å². The van der Waals surface area contributed by atoms with Gasteiger partial charge >= 0.3 is 0 Å². The van der Waals surface area contributed by atoms with E-state index in [1.165, 1.54) is 0 Å². The molecule has 1 aromatic rings. The molecule has 0 aliphatic carbocycles. The average Bonchev–Trinajstić information content (AvgIpc) is 2.06. The lowest BCUT2D eigenvalue weighted by Crippen LogP contribution is -2.04. The topological polar surface area (TPSA) is 22.1 Å². The molecule has 0 spiro atoms. The van der Waals surface area contributed by atoms with Gasteiger partial charge in [-0.15, -0.1) is 0 Å². The van der Waals surface area contributed by atoms with E-state index in [4.69, 9.17) is 17.0 Å². The van der Waals surface area contributed by atoms with Gasteiger partial charge in [-0.3, -0.25) is 4.98 Å². The quantitative estimate of drug-likeness (QED) is 0.666. The fourth-order valence-corrected chi connectivity index (χ4v) is 1.16. The number of thiocarbonyl (C=S) groups is 1. The molecule has 0 saturated carbocycles. The molecule has 12 heavy (non-hydrogen) atoms. The van der Waals surface area contributed by atoms with Crippen LogP contribution >= 0.6 is 12.2 Å². The first kappa shape index (κ1) is 9.13. The number of hydrogen-bond donors (Lipinski definition) is 0. The van der Waals surface area contributed by atoms with Crippen LogP contribution in [0.5, 0.6) is 0 Å². The maximum absolute atomic E-state index is 5.16. The van der Waals surface area contributed by atoms with Crippen LogP contribution in [0.25, 0.3) is 0 Å². The highest BCUT2D eigenvalue weighted by Crippen LogP contribution is 2.00. The summed E-state index contributed by atoms with van der Waals surface area (Å²) in [5, 5.41) is 0.642. The molecule has 0 aliphatic heterocycles. The molecule has 0 fully saturated rings. The van der Waals surface area contributed by atoms with Crippen LogP contribution in [0.3, 0.4) is 0 Å². The third kappa shape index (κ3) is 2.96. The van der Waals surface area contributed by atoms with Crippen LogP contribution in [0, 0.1) is 0 Å². The predicted octanol–water partition coefficient (Wildman–Crippen LogP) is 1.99. The molecule has 0 radical (unpaired) electrons. The zero-order valence-electron chi connectivity index (χ0n) is 6.99. The van der Waals surface area contributed by atoms with Crippen molar-refractivity contribution < 1.29 is 4.74 Å². The zero-order chi connectivity index (χ0) is 8.81. The van der Waals surface area contributed by atoms with Crippen LogP contribution in [-0.4, -0.2) is 16.6 Å². The Bertz CT molecular complexity index is 248. The van der Waals surface area contributed by atoms with Gasteiger partial charge in [-0.2, -0.15) is 0 Å². The molecule has 1 rings (SSSR count). The average molecular weight is 181 g/mol. The fourth-order valence-electron chi connectivity index (χ4n) is 0.879. The van der Waals surface area contributed by atoms with Crippen molar-refractivity contribution in [3.05, 3.63) is 30.1 Å². The smallest absolute Gasteiger partial charge is 0.164 e. The lowest BCUT2D eigenvalue weighted by Gasteiger charge is -2.03. The van der Waals surface area contributed by atoms with Crippen LogP contribution in [0.1, 0.15) is 12.5 Å². The summed E-state index contributed by atoms with van der Waals surface area (Å²) in [5.74, 6) is 0. The molecule has 0 aliphatic rings. The monoisotopic (exact) mass is 181 g/mol. The van der Waals surface area contributed by atoms with Gasteiger partial charge < -0.3 is 4.74 Å². The Hall–Kier alpha value is -0.960. The Morgan fingerprint density at radius 1 is 1.50 bits per heavy atom. The van der Waals surface area contributed by atoms with E-state index in [0.717, 1.165) is 5.56 Å². The van der Waals surface area contributed by atoms with E-state index < -0.39 is 0 Å². The molecule has 0 N–H and O–H groups in total. The van der Waals surface area contributed by atoms with Gasteiger partial charge in [0.15, 0.2) is 5.05 Å². The summed E-state index contributed by atoms with van der Waals surface area (Å²) in [6.45, 7) is 2.57. The van der Waals surface area contributed by atoms with E-state index in [-0.39, 0.29) is 0 Å². The third-order valence-corrected chi connectivity index (χ3v) is 1.67. The second kappa shape index (κ2) is 4.83. The molecule has 0 atom stereocenters. The normalized spacial score (nSPS) is 9.42. The molecule has 1 heterocycles. The van der Waals surface area contributed by atoms with Gasteiger partial charge in [0.2, 0.25) is 0 Å². The Kier molecular flexibility index (Phi) is 3.67. The summed E-state index contributed by atoms with van der Waals surface area (Å²) in [6, 6.07) is 3.87. The molecule has 1 aromatic heterocycles. The first-order valence-corrected chi connectivity index (χ1v) is 4.28. The Labute approximate surface area is 77.6 Å². The molecule has 0 bridgehead atoms. The number of hydrogen-bond acceptors (Lipinski definition) is 3. The van der Waals surface area contributed by atoms with E-state index >= 15 is 0 Å². The van der Waals surface area contributed by atoms with Crippen LogP contribution in [0.15, 0.2) is 24.5 Å². The molecule has 2 nitrogen and oxygen atoms in total. The van der Waals surface area contributed by atoms with Crippen molar-refractivity contribution in [2.75, 3.05) is 6.61 Å². The third-order valence-electron chi connectivity index (χ3n) is 1.40. The molecule has 0 aromatic carbocycles. The molecule has 3 heteroatoms. The second-order valence-corrected chi connectivity index (χ2v) is 2.79. The maximum atomic E-state index is 5.16. The summed E-state index contributed by atoms with van der Waals surface area (Å²) in [7, 11) is 0. The Balaban J connectivity index is 2.47. The molecular weight excluding hydrogens is 170 g/mol. The van der Waals surface area contributed by atoms with Crippen molar-refractivity contribution in [1.82, 2.24) is 4.98 Å². The first-order chi connectivity index (χ1) is 5.83. The molecular formula is C9H11NOS. The van der Waals surface area contributed by atoms with Crippen molar-refractivity contribution in [2.24, 2.45) is 0 Å². The van der Waals surface area contributed by atoms with Gasteiger partial charge in [0.05, 0.1) is 6.61 Å². The van der Waals surface area contributed by atoms with Crippen molar-refractivity contribution in [1.29, 1.82) is 0 Å². The standard InChI is InChI=1S/C9H11NOS/c1-2-11-9(12)7-8-3-5-10-6-4-8/h3-6H,2,7H2,1H3. The van der Waals surface area contributed by atoms with Crippen molar-refractivity contribution in [3.63, 3.8) is 0 Å². The number of ether oxygens (including phenoxy) is 1. The molecule has 0 saturated heterocycles. The van der Waals surface area contributed by atoms with Crippen LogP contribution < -0.4 is 0 Å². The largest absolute Gasteiger partial charge is 0.487 e. The van der Waals surface area contributed by atoms with E-state index in [1.807, 2.05) is 19.1 Å².